The SMILES string of the molecule is Cc1nccn1-c1ccc(NCCC2CCCCC2)cn1. The summed E-state index contributed by atoms with van der Waals surface area (Å²) in [6, 6.07) is 4.14. The molecule has 0 amide bonds. The second-order valence-electron chi connectivity index (χ2n) is 5.97. The van der Waals surface area contributed by atoms with Crippen LogP contribution in [0.5, 0.6) is 0 Å². The molecule has 0 radical (unpaired) electrons. The summed E-state index contributed by atoms with van der Waals surface area (Å²) in [6.45, 7) is 3.04. The van der Waals surface area contributed by atoms with Crippen molar-refractivity contribution in [1.82, 2.24) is 14.5 Å². The van der Waals surface area contributed by atoms with Crippen LogP contribution in [0.4, 0.5) is 5.69 Å². The van der Waals surface area contributed by atoms with Crippen molar-refractivity contribution >= 4 is 5.69 Å². The summed E-state index contributed by atoms with van der Waals surface area (Å²) >= 11 is 0. The molecule has 1 aliphatic rings. The highest BCUT2D eigenvalue weighted by atomic mass is 15.1. The minimum Gasteiger partial charge on any atom is -0.384 e. The molecule has 0 unspecified atom stereocenters. The number of imidazole rings is 1. The van der Waals surface area contributed by atoms with Crippen LogP contribution in [0.25, 0.3) is 5.82 Å². The molecule has 0 aliphatic heterocycles. The molecule has 0 saturated heterocycles. The van der Waals surface area contributed by atoms with Crippen LogP contribution in [0.15, 0.2) is 30.7 Å². The van der Waals surface area contributed by atoms with E-state index in [0.29, 0.717) is 0 Å². The first kappa shape index (κ1) is 14.1. The second-order valence-corrected chi connectivity index (χ2v) is 5.97. The molecule has 0 bridgehead atoms. The third-order valence-corrected chi connectivity index (χ3v) is 4.43. The van der Waals surface area contributed by atoms with Gasteiger partial charge < -0.3 is 5.32 Å². The van der Waals surface area contributed by atoms with Gasteiger partial charge in [-0.2, -0.15) is 0 Å². The van der Waals surface area contributed by atoms with Gasteiger partial charge in [-0.3, -0.25) is 4.57 Å². The zero-order valence-corrected chi connectivity index (χ0v) is 12.8. The first-order valence-electron chi connectivity index (χ1n) is 8.03. The standard InChI is InChI=1S/C17H24N4/c1-14-18-11-12-21(14)17-8-7-16(13-20-17)19-10-9-15-5-3-2-4-6-15/h7-8,11-13,15,19H,2-6,9-10H2,1H3. The normalized spacial score (nSPS) is 16.0. The van der Waals surface area contributed by atoms with E-state index in [1.807, 2.05) is 30.0 Å². The molecule has 112 valence electrons. The Hall–Kier alpha value is -1.84. The molecule has 0 spiro atoms. The zero-order chi connectivity index (χ0) is 14.5. The minimum absolute atomic E-state index is 0.919. The summed E-state index contributed by atoms with van der Waals surface area (Å²) in [5, 5.41) is 3.49. The lowest BCUT2D eigenvalue weighted by molar-refractivity contribution is 0.345. The van der Waals surface area contributed by atoms with Crippen LogP contribution in [0, 0.1) is 12.8 Å². The highest BCUT2D eigenvalue weighted by Gasteiger charge is 2.12. The van der Waals surface area contributed by atoms with Crippen molar-refractivity contribution in [3.63, 3.8) is 0 Å². The lowest BCUT2D eigenvalue weighted by atomic mass is 9.87. The van der Waals surface area contributed by atoms with Gasteiger partial charge in [-0.05, 0) is 31.4 Å². The molecule has 4 heteroatoms. The summed E-state index contributed by atoms with van der Waals surface area (Å²) in [4.78, 5) is 8.73. The van der Waals surface area contributed by atoms with Crippen molar-refractivity contribution in [3.05, 3.63) is 36.5 Å². The van der Waals surface area contributed by atoms with Crippen LogP contribution in [0.2, 0.25) is 0 Å². The van der Waals surface area contributed by atoms with Crippen molar-refractivity contribution < 1.29 is 0 Å². The molecule has 1 fully saturated rings. The molecule has 2 aromatic rings. The molecule has 0 aromatic carbocycles. The van der Waals surface area contributed by atoms with Gasteiger partial charge in [-0.15, -0.1) is 0 Å². The van der Waals surface area contributed by atoms with Crippen molar-refractivity contribution in [2.75, 3.05) is 11.9 Å². The Morgan fingerprint density at radius 3 is 2.71 bits per heavy atom. The molecule has 1 aliphatic carbocycles. The molecule has 1 N–H and O–H groups in total. The summed E-state index contributed by atoms with van der Waals surface area (Å²) in [5.41, 5.74) is 1.10. The van der Waals surface area contributed by atoms with Crippen molar-refractivity contribution in [2.24, 2.45) is 5.92 Å². The Kier molecular flexibility index (Phi) is 4.53. The molecular weight excluding hydrogens is 260 g/mol. The predicted octanol–water partition coefficient (Wildman–Crippen LogP) is 3.96. The van der Waals surface area contributed by atoms with Crippen LogP contribution >= 0.6 is 0 Å². The Morgan fingerprint density at radius 2 is 2.05 bits per heavy atom. The number of aryl methyl sites for hydroxylation is 1. The van der Waals surface area contributed by atoms with Crippen LogP contribution < -0.4 is 5.32 Å². The summed E-state index contributed by atoms with van der Waals surface area (Å²) < 4.78 is 1.99. The van der Waals surface area contributed by atoms with Crippen LogP contribution in [0.1, 0.15) is 44.3 Å². The number of hydrogen-bond donors (Lipinski definition) is 1. The molecule has 2 heterocycles. The third kappa shape index (κ3) is 3.63. The van der Waals surface area contributed by atoms with Crippen molar-refractivity contribution in [1.29, 1.82) is 0 Å². The summed E-state index contributed by atoms with van der Waals surface area (Å²) in [6.07, 6.45) is 14.0. The molecule has 21 heavy (non-hydrogen) atoms. The van der Waals surface area contributed by atoms with E-state index in [9.17, 15) is 0 Å². The summed E-state index contributed by atoms with van der Waals surface area (Å²) in [7, 11) is 0. The van der Waals surface area contributed by atoms with E-state index in [0.717, 1.165) is 29.8 Å². The van der Waals surface area contributed by atoms with E-state index in [1.165, 1.54) is 38.5 Å². The van der Waals surface area contributed by atoms with Gasteiger partial charge in [-0.25, -0.2) is 9.97 Å². The van der Waals surface area contributed by atoms with E-state index >= 15 is 0 Å². The first-order chi connectivity index (χ1) is 10.3. The van der Waals surface area contributed by atoms with E-state index in [2.05, 4.69) is 21.4 Å². The van der Waals surface area contributed by atoms with Gasteiger partial charge in [0.2, 0.25) is 0 Å². The van der Waals surface area contributed by atoms with Crippen molar-refractivity contribution in [3.8, 4) is 5.82 Å². The fourth-order valence-corrected chi connectivity index (χ4v) is 3.15. The molecule has 3 rings (SSSR count). The molecular formula is C17H24N4. The van der Waals surface area contributed by atoms with Crippen molar-refractivity contribution in [2.45, 2.75) is 45.4 Å². The Balaban J connectivity index is 1.51. The monoisotopic (exact) mass is 284 g/mol. The summed E-state index contributed by atoms with van der Waals surface area (Å²) in [5.74, 6) is 2.80. The maximum Gasteiger partial charge on any atom is 0.138 e. The van der Waals surface area contributed by atoms with Crippen LogP contribution in [0.3, 0.4) is 0 Å². The van der Waals surface area contributed by atoms with Crippen LogP contribution in [-0.4, -0.2) is 21.1 Å². The van der Waals surface area contributed by atoms with Crippen LogP contribution in [-0.2, 0) is 0 Å². The lowest BCUT2D eigenvalue weighted by Gasteiger charge is -2.21. The van der Waals surface area contributed by atoms with Gasteiger partial charge >= 0.3 is 0 Å². The maximum absolute atomic E-state index is 4.51. The number of rotatable bonds is 5. The highest BCUT2D eigenvalue weighted by Crippen LogP contribution is 2.26. The van der Waals surface area contributed by atoms with E-state index in [-0.39, 0.29) is 0 Å². The number of hydrogen-bond acceptors (Lipinski definition) is 3. The van der Waals surface area contributed by atoms with E-state index in [4.69, 9.17) is 0 Å². The van der Waals surface area contributed by atoms with Gasteiger partial charge in [-0.1, -0.05) is 32.1 Å². The topological polar surface area (TPSA) is 42.7 Å². The average molecular weight is 284 g/mol. The molecule has 2 aromatic heterocycles. The minimum atomic E-state index is 0.919. The van der Waals surface area contributed by atoms with E-state index in [1.54, 1.807) is 6.20 Å². The zero-order valence-electron chi connectivity index (χ0n) is 12.8. The average Bonchev–Trinajstić information content (AvgIpc) is 2.95. The number of nitrogens with one attached hydrogen (secondary N) is 1. The predicted molar refractivity (Wildman–Crippen MR) is 85.8 cm³/mol. The fourth-order valence-electron chi connectivity index (χ4n) is 3.15. The van der Waals surface area contributed by atoms with Gasteiger partial charge in [0.15, 0.2) is 0 Å². The maximum atomic E-state index is 4.51. The third-order valence-electron chi connectivity index (χ3n) is 4.43. The van der Waals surface area contributed by atoms with Gasteiger partial charge in [0.05, 0.1) is 11.9 Å². The number of anilines is 1. The second kappa shape index (κ2) is 6.74. The quantitative estimate of drug-likeness (QED) is 0.903. The molecule has 4 nitrogen and oxygen atoms in total. The Bertz CT molecular complexity index is 552. The smallest absolute Gasteiger partial charge is 0.138 e. The van der Waals surface area contributed by atoms with Gasteiger partial charge in [0, 0.05) is 18.9 Å². The van der Waals surface area contributed by atoms with E-state index < -0.39 is 0 Å². The first-order valence-corrected chi connectivity index (χ1v) is 8.03. The highest BCUT2D eigenvalue weighted by molar-refractivity contribution is 5.43. The number of aromatic nitrogens is 3. The van der Waals surface area contributed by atoms with Gasteiger partial charge in [0.1, 0.15) is 11.6 Å². The Morgan fingerprint density at radius 1 is 1.19 bits per heavy atom. The molecule has 1 saturated carbocycles. The number of nitrogens with zero attached hydrogens (tertiary/aromatic N) is 3. The fraction of sp³-hybridized carbons (Fsp3) is 0.529. The molecule has 0 atom stereocenters. The lowest BCUT2D eigenvalue weighted by Crippen LogP contribution is -2.12. The number of pyridine rings is 1. The Labute approximate surface area is 126 Å². The largest absolute Gasteiger partial charge is 0.384 e. The van der Waals surface area contributed by atoms with Gasteiger partial charge in [0.25, 0.3) is 0 Å².